The quantitative estimate of drug-likeness (QED) is 0.823. The molecule has 1 aromatic carbocycles. The van der Waals surface area contributed by atoms with Crippen LogP contribution in [0.2, 0.25) is 0 Å². The second-order valence-electron chi connectivity index (χ2n) is 3.54. The van der Waals surface area contributed by atoms with Crippen LogP contribution >= 0.6 is 0 Å². The second kappa shape index (κ2) is 3.86. The van der Waals surface area contributed by atoms with E-state index in [-0.39, 0.29) is 6.04 Å². The number of benzene rings is 1. The minimum absolute atomic E-state index is 0.0863. The topological polar surface area (TPSA) is 41.5 Å². The zero-order valence-electron chi connectivity index (χ0n) is 8.21. The van der Waals surface area contributed by atoms with Gasteiger partial charge < -0.3 is 15.2 Å². The Labute approximate surface area is 89.8 Å². The third kappa shape index (κ3) is 2.21. The van der Waals surface area contributed by atoms with E-state index in [9.17, 15) is 18.3 Å². The zero-order valence-corrected chi connectivity index (χ0v) is 8.21. The van der Waals surface area contributed by atoms with Gasteiger partial charge in [0.25, 0.3) is 0 Å². The lowest BCUT2D eigenvalue weighted by molar-refractivity contribution is -0.275. The van der Waals surface area contributed by atoms with E-state index in [0.29, 0.717) is 5.56 Å². The lowest BCUT2D eigenvalue weighted by Crippen LogP contribution is -2.35. The van der Waals surface area contributed by atoms with Crippen molar-refractivity contribution in [2.45, 2.75) is 18.8 Å². The molecule has 0 aromatic heterocycles. The van der Waals surface area contributed by atoms with Crippen molar-refractivity contribution in [2.24, 2.45) is 0 Å². The second-order valence-corrected chi connectivity index (χ2v) is 3.54. The summed E-state index contributed by atoms with van der Waals surface area (Å²) in [5.74, 6) is -1.00. The van der Waals surface area contributed by atoms with Crippen LogP contribution in [0.15, 0.2) is 18.2 Å². The largest absolute Gasteiger partial charge is 0.573 e. The molecule has 0 radical (unpaired) electrons. The molecule has 1 atom stereocenters. The van der Waals surface area contributed by atoms with E-state index in [0.717, 1.165) is 19.0 Å². The van der Waals surface area contributed by atoms with E-state index in [1.54, 1.807) is 6.07 Å². The van der Waals surface area contributed by atoms with E-state index < -0.39 is 17.9 Å². The number of alkyl halides is 3. The monoisotopic (exact) mass is 233 g/mol. The highest BCUT2D eigenvalue weighted by Gasteiger charge is 2.33. The first-order chi connectivity index (χ1) is 7.47. The summed E-state index contributed by atoms with van der Waals surface area (Å²) in [4.78, 5) is 0. The van der Waals surface area contributed by atoms with Crippen molar-refractivity contribution in [3.8, 4) is 11.5 Å². The molecule has 1 saturated heterocycles. The van der Waals surface area contributed by atoms with Gasteiger partial charge in [-0.05, 0) is 19.0 Å². The summed E-state index contributed by atoms with van der Waals surface area (Å²) in [7, 11) is 0. The molecule has 3 nitrogen and oxygen atoms in total. The summed E-state index contributed by atoms with van der Waals surface area (Å²) in [5.41, 5.74) is 0.438. The van der Waals surface area contributed by atoms with Gasteiger partial charge in [-0.25, -0.2) is 0 Å². The minimum Gasteiger partial charge on any atom is -0.504 e. The van der Waals surface area contributed by atoms with E-state index in [4.69, 9.17) is 0 Å². The van der Waals surface area contributed by atoms with Gasteiger partial charge >= 0.3 is 6.36 Å². The molecule has 0 saturated carbocycles. The molecule has 1 aliphatic heterocycles. The summed E-state index contributed by atoms with van der Waals surface area (Å²) in [5, 5.41) is 12.6. The molecule has 0 bridgehead atoms. The number of nitrogens with one attached hydrogen (secondary N) is 1. The van der Waals surface area contributed by atoms with E-state index >= 15 is 0 Å². The number of ether oxygens (including phenoxy) is 1. The SMILES string of the molecule is Oc1c(OC(F)(F)F)cccc1[C@H]1CCN1. The van der Waals surface area contributed by atoms with Crippen LogP contribution in [0, 0.1) is 0 Å². The molecular weight excluding hydrogens is 223 g/mol. The Kier molecular flexibility index (Phi) is 2.67. The number of halogens is 3. The predicted octanol–water partition coefficient (Wildman–Crippen LogP) is 2.33. The first-order valence-electron chi connectivity index (χ1n) is 4.78. The van der Waals surface area contributed by atoms with Gasteiger partial charge in [-0.15, -0.1) is 13.2 Å². The van der Waals surface area contributed by atoms with Gasteiger partial charge in [0.1, 0.15) is 0 Å². The summed E-state index contributed by atoms with van der Waals surface area (Å²) in [6.45, 7) is 0.800. The fourth-order valence-corrected chi connectivity index (χ4v) is 1.58. The Morgan fingerprint density at radius 1 is 1.38 bits per heavy atom. The maximum atomic E-state index is 12.0. The molecule has 0 spiro atoms. The summed E-state index contributed by atoms with van der Waals surface area (Å²) in [6.07, 6.45) is -3.99. The van der Waals surface area contributed by atoms with Crippen molar-refractivity contribution in [3.63, 3.8) is 0 Å². The lowest BCUT2D eigenvalue weighted by atomic mass is 9.97. The average Bonchev–Trinajstić information content (AvgIpc) is 2.06. The number of para-hydroxylation sites is 1. The van der Waals surface area contributed by atoms with Gasteiger partial charge in [0.2, 0.25) is 0 Å². The summed E-state index contributed by atoms with van der Waals surface area (Å²) >= 11 is 0. The molecule has 0 amide bonds. The molecule has 2 rings (SSSR count). The molecule has 1 aliphatic rings. The van der Waals surface area contributed by atoms with E-state index in [1.807, 2.05) is 0 Å². The predicted molar refractivity (Wildman–Crippen MR) is 50.2 cm³/mol. The molecule has 16 heavy (non-hydrogen) atoms. The van der Waals surface area contributed by atoms with Gasteiger partial charge in [-0.3, -0.25) is 0 Å². The van der Waals surface area contributed by atoms with Crippen molar-refractivity contribution in [2.75, 3.05) is 6.54 Å². The molecule has 2 N–H and O–H groups in total. The average molecular weight is 233 g/mol. The van der Waals surface area contributed by atoms with Crippen LogP contribution in [0.25, 0.3) is 0 Å². The number of hydrogen-bond acceptors (Lipinski definition) is 3. The Morgan fingerprint density at radius 3 is 2.56 bits per heavy atom. The molecule has 1 fully saturated rings. The van der Waals surface area contributed by atoms with Crippen molar-refractivity contribution in [1.29, 1.82) is 0 Å². The molecule has 0 aliphatic carbocycles. The molecule has 6 heteroatoms. The van der Waals surface area contributed by atoms with Gasteiger partial charge in [0.05, 0.1) is 0 Å². The highest BCUT2D eigenvalue weighted by atomic mass is 19.4. The van der Waals surface area contributed by atoms with Crippen molar-refractivity contribution < 1.29 is 23.0 Å². The molecular formula is C10H10F3NO2. The molecule has 1 aromatic rings. The minimum atomic E-state index is -4.79. The normalized spacial score (nSPS) is 20.3. The summed E-state index contributed by atoms with van der Waals surface area (Å²) in [6, 6.07) is 4.01. The first kappa shape index (κ1) is 11.1. The van der Waals surface area contributed by atoms with Gasteiger partial charge in [-0.2, -0.15) is 0 Å². The number of phenolic OH excluding ortho intramolecular Hbond substituents is 1. The van der Waals surface area contributed by atoms with Crippen LogP contribution in [-0.2, 0) is 0 Å². The van der Waals surface area contributed by atoms with Crippen LogP contribution in [0.4, 0.5) is 13.2 Å². The zero-order chi connectivity index (χ0) is 11.8. The fourth-order valence-electron chi connectivity index (χ4n) is 1.58. The number of hydrogen-bond donors (Lipinski definition) is 2. The van der Waals surface area contributed by atoms with Crippen LogP contribution in [0.3, 0.4) is 0 Å². The standard InChI is InChI=1S/C10H10F3NO2/c11-10(12,13)16-8-3-1-2-6(9(8)15)7-4-5-14-7/h1-3,7,14-15H,4-5H2/t7-/m1/s1. The third-order valence-electron chi connectivity index (χ3n) is 2.46. The van der Waals surface area contributed by atoms with Crippen molar-refractivity contribution >= 4 is 0 Å². The van der Waals surface area contributed by atoms with Gasteiger partial charge in [-0.1, -0.05) is 12.1 Å². The number of rotatable bonds is 2. The van der Waals surface area contributed by atoms with Crippen LogP contribution in [-0.4, -0.2) is 18.0 Å². The van der Waals surface area contributed by atoms with Crippen LogP contribution < -0.4 is 10.1 Å². The fraction of sp³-hybridized carbons (Fsp3) is 0.400. The molecule has 88 valence electrons. The van der Waals surface area contributed by atoms with E-state index in [1.165, 1.54) is 6.07 Å². The highest BCUT2D eigenvalue weighted by Crippen LogP contribution is 2.38. The molecule has 0 unspecified atom stereocenters. The van der Waals surface area contributed by atoms with Crippen molar-refractivity contribution in [1.82, 2.24) is 5.32 Å². The smallest absolute Gasteiger partial charge is 0.504 e. The van der Waals surface area contributed by atoms with Crippen LogP contribution in [0.5, 0.6) is 11.5 Å². The number of aromatic hydroxyl groups is 1. The summed E-state index contributed by atoms with van der Waals surface area (Å²) < 4.78 is 39.7. The van der Waals surface area contributed by atoms with Crippen LogP contribution in [0.1, 0.15) is 18.0 Å². The maximum Gasteiger partial charge on any atom is 0.573 e. The molecule has 1 heterocycles. The van der Waals surface area contributed by atoms with Gasteiger partial charge in [0, 0.05) is 11.6 Å². The Balaban J connectivity index is 2.25. The Bertz CT molecular complexity index is 388. The Morgan fingerprint density at radius 2 is 2.06 bits per heavy atom. The lowest BCUT2D eigenvalue weighted by Gasteiger charge is -2.29. The van der Waals surface area contributed by atoms with E-state index in [2.05, 4.69) is 10.1 Å². The van der Waals surface area contributed by atoms with Crippen molar-refractivity contribution in [3.05, 3.63) is 23.8 Å². The third-order valence-corrected chi connectivity index (χ3v) is 2.46. The maximum absolute atomic E-state index is 12.0. The highest BCUT2D eigenvalue weighted by molar-refractivity contribution is 5.47. The Hall–Kier alpha value is -1.43. The van der Waals surface area contributed by atoms with Gasteiger partial charge in [0.15, 0.2) is 11.5 Å². The first-order valence-corrected chi connectivity index (χ1v) is 4.78. The number of phenols is 1.